The molecule has 0 amide bonds. The average Bonchev–Trinajstić information content (AvgIpc) is 2.29. The molecule has 1 aromatic rings. The van der Waals surface area contributed by atoms with Gasteiger partial charge >= 0.3 is 0 Å². The van der Waals surface area contributed by atoms with E-state index in [0.29, 0.717) is 5.41 Å². The van der Waals surface area contributed by atoms with Gasteiger partial charge in [-0.05, 0) is 30.7 Å². The Balaban J connectivity index is 1.94. The first-order valence-electron chi connectivity index (χ1n) is 6.52. The number of hydrogen-bond acceptors (Lipinski definition) is 3. The minimum absolute atomic E-state index is 0.422. The third-order valence-electron chi connectivity index (χ3n) is 3.75. The molecular weight excluding hydrogens is 210 g/mol. The quantitative estimate of drug-likeness (QED) is 0.786. The minimum atomic E-state index is 0.422. The van der Waals surface area contributed by atoms with Gasteiger partial charge in [0.2, 0.25) is 0 Å². The predicted octanol–water partition coefficient (Wildman–Crippen LogP) is 2.73. The molecule has 94 valence electrons. The van der Waals surface area contributed by atoms with Crippen LogP contribution in [0.4, 0.5) is 0 Å². The summed E-state index contributed by atoms with van der Waals surface area (Å²) >= 11 is 0. The van der Waals surface area contributed by atoms with Crippen molar-refractivity contribution in [3.63, 3.8) is 0 Å². The number of piperidine rings is 1. The topological polar surface area (TPSA) is 29.0 Å². The summed E-state index contributed by atoms with van der Waals surface area (Å²) in [5.41, 5.74) is 1.65. The standard InChI is InChI=1S/C14H23N3/c1-14(2,3)13-5-4-6-17(10-13)9-12-7-15-11-16-8-12/h7-8,11,13H,4-6,9-10H2,1-3H3. The van der Waals surface area contributed by atoms with Crippen molar-refractivity contribution in [2.24, 2.45) is 11.3 Å². The molecule has 1 aliphatic heterocycles. The Bertz CT molecular complexity index is 342. The number of rotatable bonds is 2. The number of aromatic nitrogens is 2. The minimum Gasteiger partial charge on any atom is -0.299 e. The molecule has 0 N–H and O–H groups in total. The highest BCUT2D eigenvalue weighted by atomic mass is 15.1. The molecule has 0 bridgehead atoms. The molecule has 17 heavy (non-hydrogen) atoms. The largest absolute Gasteiger partial charge is 0.299 e. The van der Waals surface area contributed by atoms with E-state index in [1.54, 1.807) is 6.33 Å². The molecule has 1 atom stereocenters. The number of nitrogens with zero attached hydrogens (tertiary/aromatic N) is 3. The second-order valence-corrected chi connectivity index (χ2v) is 6.19. The van der Waals surface area contributed by atoms with Gasteiger partial charge in [0, 0.05) is 31.0 Å². The van der Waals surface area contributed by atoms with Gasteiger partial charge in [-0.2, -0.15) is 0 Å². The van der Waals surface area contributed by atoms with Crippen molar-refractivity contribution < 1.29 is 0 Å². The molecule has 0 aliphatic carbocycles. The Hall–Kier alpha value is -0.960. The summed E-state index contributed by atoms with van der Waals surface area (Å²) in [6, 6.07) is 0. The summed E-state index contributed by atoms with van der Waals surface area (Å²) in [5.74, 6) is 0.806. The molecule has 0 saturated carbocycles. The van der Waals surface area contributed by atoms with Crippen molar-refractivity contribution >= 4 is 0 Å². The van der Waals surface area contributed by atoms with Crippen molar-refractivity contribution in [2.45, 2.75) is 40.2 Å². The van der Waals surface area contributed by atoms with E-state index in [9.17, 15) is 0 Å². The van der Waals surface area contributed by atoms with Crippen LogP contribution in [0.25, 0.3) is 0 Å². The lowest BCUT2D eigenvalue weighted by atomic mass is 9.76. The van der Waals surface area contributed by atoms with Crippen molar-refractivity contribution in [2.75, 3.05) is 13.1 Å². The van der Waals surface area contributed by atoms with Gasteiger partial charge in [0.05, 0.1) is 0 Å². The van der Waals surface area contributed by atoms with Crippen LogP contribution in [-0.2, 0) is 6.54 Å². The summed E-state index contributed by atoms with van der Waals surface area (Å²) in [7, 11) is 0. The molecule has 0 radical (unpaired) electrons. The van der Waals surface area contributed by atoms with Crippen LogP contribution in [0.3, 0.4) is 0 Å². The van der Waals surface area contributed by atoms with Crippen molar-refractivity contribution in [3.8, 4) is 0 Å². The Morgan fingerprint density at radius 2 is 2.00 bits per heavy atom. The van der Waals surface area contributed by atoms with Crippen LogP contribution >= 0.6 is 0 Å². The normalized spacial score (nSPS) is 22.6. The highest BCUT2D eigenvalue weighted by Crippen LogP contribution is 2.33. The molecular formula is C14H23N3. The molecule has 0 spiro atoms. The summed E-state index contributed by atoms with van der Waals surface area (Å²) in [5, 5.41) is 0. The molecule has 3 nitrogen and oxygen atoms in total. The molecule has 1 aromatic heterocycles. The molecule has 1 saturated heterocycles. The fourth-order valence-corrected chi connectivity index (χ4v) is 2.58. The van der Waals surface area contributed by atoms with E-state index in [2.05, 4.69) is 35.6 Å². The Labute approximate surface area is 104 Å². The average molecular weight is 233 g/mol. The summed E-state index contributed by atoms with van der Waals surface area (Å²) in [6.07, 6.45) is 8.12. The van der Waals surface area contributed by atoms with Gasteiger partial charge in [0.25, 0.3) is 0 Å². The van der Waals surface area contributed by atoms with Crippen LogP contribution in [-0.4, -0.2) is 28.0 Å². The van der Waals surface area contributed by atoms with Crippen molar-refractivity contribution in [1.29, 1.82) is 0 Å². The smallest absolute Gasteiger partial charge is 0.115 e. The fourth-order valence-electron chi connectivity index (χ4n) is 2.58. The van der Waals surface area contributed by atoms with Gasteiger partial charge in [-0.1, -0.05) is 20.8 Å². The zero-order valence-corrected chi connectivity index (χ0v) is 11.2. The SMILES string of the molecule is CC(C)(C)C1CCCN(Cc2cncnc2)C1. The second-order valence-electron chi connectivity index (χ2n) is 6.19. The first-order valence-corrected chi connectivity index (χ1v) is 6.52. The summed E-state index contributed by atoms with van der Waals surface area (Å²) < 4.78 is 0. The van der Waals surface area contributed by atoms with E-state index < -0.39 is 0 Å². The van der Waals surface area contributed by atoms with Crippen LogP contribution in [0, 0.1) is 11.3 Å². The van der Waals surface area contributed by atoms with Crippen LogP contribution in [0.15, 0.2) is 18.7 Å². The molecule has 2 rings (SSSR count). The molecule has 0 aromatic carbocycles. The van der Waals surface area contributed by atoms with Gasteiger partial charge in [-0.15, -0.1) is 0 Å². The lowest BCUT2D eigenvalue weighted by molar-refractivity contribution is 0.0942. The second kappa shape index (κ2) is 5.13. The van der Waals surface area contributed by atoms with Gasteiger partial charge in [0.15, 0.2) is 0 Å². The van der Waals surface area contributed by atoms with E-state index in [1.165, 1.54) is 31.5 Å². The maximum absolute atomic E-state index is 4.08. The van der Waals surface area contributed by atoms with Gasteiger partial charge in [-0.3, -0.25) is 4.90 Å². The monoisotopic (exact) mass is 233 g/mol. The highest BCUT2D eigenvalue weighted by molar-refractivity contribution is 5.02. The van der Waals surface area contributed by atoms with E-state index >= 15 is 0 Å². The van der Waals surface area contributed by atoms with Crippen LogP contribution in [0.5, 0.6) is 0 Å². The molecule has 1 unspecified atom stereocenters. The first kappa shape index (κ1) is 12.5. The van der Waals surface area contributed by atoms with E-state index in [4.69, 9.17) is 0 Å². The highest BCUT2D eigenvalue weighted by Gasteiger charge is 2.29. The number of likely N-dealkylation sites (tertiary alicyclic amines) is 1. The Kier molecular flexibility index (Phi) is 3.77. The van der Waals surface area contributed by atoms with Gasteiger partial charge < -0.3 is 0 Å². The van der Waals surface area contributed by atoms with E-state index in [0.717, 1.165) is 12.5 Å². The lowest BCUT2D eigenvalue weighted by Gasteiger charge is -2.39. The predicted molar refractivity (Wildman–Crippen MR) is 69.5 cm³/mol. The zero-order valence-electron chi connectivity index (χ0n) is 11.2. The van der Waals surface area contributed by atoms with E-state index in [-0.39, 0.29) is 0 Å². The van der Waals surface area contributed by atoms with Crippen LogP contribution in [0.2, 0.25) is 0 Å². The molecule has 3 heteroatoms. The van der Waals surface area contributed by atoms with Gasteiger partial charge in [-0.25, -0.2) is 9.97 Å². The summed E-state index contributed by atoms with van der Waals surface area (Å²) in [6.45, 7) is 10.5. The molecule has 1 fully saturated rings. The summed E-state index contributed by atoms with van der Waals surface area (Å²) in [4.78, 5) is 10.7. The molecule has 2 heterocycles. The maximum atomic E-state index is 4.08. The maximum Gasteiger partial charge on any atom is 0.115 e. The van der Waals surface area contributed by atoms with Crippen molar-refractivity contribution in [1.82, 2.24) is 14.9 Å². The van der Waals surface area contributed by atoms with Gasteiger partial charge in [0.1, 0.15) is 6.33 Å². The third-order valence-corrected chi connectivity index (χ3v) is 3.75. The van der Waals surface area contributed by atoms with E-state index in [1.807, 2.05) is 12.4 Å². The first-order chi connectivity index (χ1) is 8.05. The van der Waals surface area contributed by atoms with Crippen LogP contribution < -0.4 is 0 Å². The Morgan fingerprint density at radius 3 is 2.65 bits per heavy atom. The van der Waals surface area contributed by atoms with Crippen LogP contribution in [0.1, 0.15) is 39.2 Å². The lowest BCUT2D eigenvalue weighted by Crippen LogP contribution is -2.40. The zero-order chi connectivity index (χ0) is 12.3. The number of hydrogen-bond donors (Lipinski definition) is 0. The Morgan fingerprint density at radius 1 is 1.29 bits per heavy atom. The third kappa shape index (κ3) is 3.50. The fraction of sp³-hybridized carbons (Fsp3) is 0.714. The van der Waals surface area contributed by atoms with Crippen molar-refractivity contribution in [3.05, 3.63) is 24.3 Å². The molecule has 1 aliphatic rings.